The van der Waals surface area contributed by atoms with Gasteiger partial charge in [0.15, 0.2) is 0 Å². The van der Waals surface area contributed by atoms with Crippen molar-refractivity contribution in [2.24, 2.45) is 11.8 Å². The summed E-state index contributed by atoms with van der Waals surface area (Å²) in [4.78, 5) is 44.9. The highest BCUT2D eigenvalue weighted by atomic mass is 35.5. The van der Waals surface area contributed by atoms with Gasteiger partial charge in [0, 0.05) is 19.7 Å². The molecule has 8 nitrogen and oxygen atoms in total. The number of anilines is 1. The average molecular weight is 533 g/mol. The minimum atomic E-state index is -1.13. The van der Waals surface area contributed by atoms with Crippen LogP contribution in [0, 0.1) is 11.8 Å². The van der Waals surface area contributed by atoms with E-state index in [1.54, 1.807) is 47.1 Å². The van der Waals surface area contributed by atoms with Crippen molar-refractivity contribution in [3.05, 3.63) is 41.9 Å². The zero-order valence-corrected chi connectivity index (χ0v) is 22.4. The number of rotatable bonds is 12. The molecule has 1 aromatic rings. The van der Waals surface area contributed by atoms with Crippen molar-refractivity contribution in [2.75, 3.05) is 31.2 Å². The fourth-order valence-electron chi connectivity index (χ4n) is 6.65. The number of likely N-dealkylation sites (tertiary alicyclic amines) is 1. The predicted octanol–water partition coefficient (Wildman–Crippen LogP) is 3.74. The molecule has 3 heterocycles. The van der Waals surface area contributed by atoms with E-state index in [9.17, 15) is 19.5 Å². The number of para-hydroxylation sites is 1. The number of nitrogens with zero attached hydrogens (tertiary/aromatic N) is 2. The van der Waals surface area contributed by atoms with Gasteiger partial charge in [0.05, 0.1) is 28.8 Å². The zero-order valence-electron chi connectivity index (χ0n) is 21.7. The number of aliphatic hydroxyl groups is 1. The highest BCUT2D eigenvalue weighted by Crippen LogP contribution is 2.64. The lowest BCUT2D eigenvalue weighted by molar-refractivity contribution is -0.160. The van der Waals surface area contributed by atoms with Crippen LogP contribution in [0.25, 0.3) is 0 Å². The van der Waals surface area contributed by atoms with Gasteiger partial charge in [-0.1, -0.05) is 36.7 Å². The second kappa shape index (κ2) is 11.1. The lowest BCUT2D eigenvalue weighted by Crippen LogP contribution is -2.56. The Morgan fingerprint density at radius 2 is 2.03 bits per heavy atom. The molecule has 0 aromatic heterocycles. The minimum Gasteiger partial charge on any atom is -0.466 e. The maximum absolute atomic E-state index is 14.4. The number of esters is 1. The highest BCUT2D eigenvalue weighted by molar-refractivity contribution is 6.34. The van der Waals surface area contributed by atoms with Crippen LogP contribution in [0.3, 0.4) is 0 Å². The van der Waals surface area contributed by atoms with Crippen LogP contribution in [0.15, 0.2) is 36.9 Å². The molecule has 0 aliphatic carbocycles. The molecule has 9 heteroatoms. The quantitative estimate of drug-likeness (QED) is 0.250. The molecule has 3 aliphatic rings. The van der Waals surface area contributed by atoms with Crippen molar-refractivity contribution >= 4 is 35.1 Å². The predicted molar refractivity (Wildman–Crippen MR) is 140 cm³/mol. The van der Waals surface area contributed by atoms with Gasteiger partial charge in [-0.3, -0.25) is 14.4 Å². The first-order valence-corrected chi connectivity index (χ1v) is 13.6. The van der Waals surface area contributed by atoms with Crippen molar-refractivity contribution in [3.63, 3.8) is 0 Å². The van der Waals surface area contributed by atoms with Gasteiger partial charge in [-0.05, 0) is 57.6 Å². The number of amides is 2. The van der Waals surface area contributed by atoms with Crippen LogP contribution in [0.4, 0.5) is 5.69 Å². The largest absolute Gasteiger partial charge is 0.466 e. The summed E-state index contributed by atoms with van der Waals surface area (Å²) >= 11 is 6.50. The SMILES string of the molecule is C=CCN(C(=O)C1N(CCCCCO)C(=O)[C@@H]2[C@H](C(=O)OCC)[C@]3(CC)CCC12O3)c1ccccc1Cl. The van der Waals surface area contributed by atoms with Crippen LogP contribution >= 0.6 is 11.6 Å². The number of hydrogen-bond acceptors (Lipinski definition) is 6. The van der Waals surface area contributed by atoms with Crippen LogP contribution in [-0.4, -0.2) is 71.3 Å². The number of halogens is 1. The maximum atomic E-state index is 14.4. The van der Waals surface area contributed by atoms with E-state index in [4.69, 9.17) is 21.1 Å². The summed E-state index contributed by atoms with van der Waals surface area (Å²) in [6.45, 7) is 8.32. The number of carbonyl (C=O) groups excluding carboxylic acids is 3. The Hall–Kier alpha value is -2.42. The van der Waals surface area contributed by atoms with Gasteiger partial charge in [0.1, 0.15) is 17.6 Å². The normalized spacial score (nSPS) is 29.9. The summed E-state index contributed by atoms with van der Waals surface area (Å²) in [6.07, 6.45) is 5.18. The Labute approximate surface area is 223 Å². The van der Waals surface area contributed by atoms with Gasteiger partial charge in [-0.15, -0.1) is 6.58 Å². The molecule has 1 aromatic carbocycles. The third kappa shape index (κ3) is 4.47. The molecule has 2 unspecified atom stereocenters. The third-order valence-electron chi connectivity index (χ3n) is 8.23. The first-order chi connectivity index (χ1) is 17.8. The zero-order chi connectivity index (χ0) is 26.8. The van der Waals surface area contributed by atoms with Crippen LogP contribution < -0.4 is 4.90 Å². The van der Waals surface area contributed by atoms with Gasteiger partial charge in [-0.25, -0.2) is 0 Å². The molecule has 0 saturated carbocycles. The maximum Gasteiger partial charge on any atom is 0.312 e. The summed E-state index contributed by atoms with van der Waals surface area (Å²) in [5.41, 5.74) is -1.43. The third-order valence-corrected chi connectivity index (χ3v) is 8.55. The van der Waals surface area contributed by atoms with E-state index in [0.29, 0.717) is 55.8 Å². The molecule has 3 fully saturated rings. The fourth-order valence-corrected chi connectivity index (χ4v) is 6.89. The molecule has 37 heavy (non-hydrogen) atoms. The van der Waals surface area contributed by atoms with Crippen molar-refractivity contribution in [1.29, 1.82) is 0 Å². The molecule has 0 radical (unpaired) electrons. The lowest BCUT2D eigenvalue weighted by atomic mass is 9.65. The van der Waals surface area contributed by atoms with Crippen molar-refractivity contribution in [3.8, 4) is 0 Å². The molecule has 1 N–H and O–H groups in total. The number of hydrogen-bond donors (Lipinski definition) is 1. The molecule has 1 spiro atoms. The second-order valence-corrected chi connectivity index (χ2v) is 10.5. The highest BCUT2D eigenvalue weighted by Gasteiger charge is 2.79. The minimum absolute atomic E-state index is 0.0650. The molecule has 2 amide bonds. The Morgan fingerprint density at radius 3 is 2.68 bits per heavy atom. The topological polar surface area (TPSA) is 96.4 Å². The van der Waals surface area contributed by atoms with E-state index in [1.165, 1.54) is 0 Å². The van der Waals surface area contributed by atoms with E-state index in [2.05, 4.69) is 6.58 Å². The van der Waals surface area contributed by atoms with Crippen molar-refractivity contribution in [1.82, 2.24) is 4.90 Å². The summed E-state index contributed by atoms with van der Waals surface area (Å²) in [5, 5.41) is 9.63. The van der Waals surface area contributed by atoms with Crippen LogP contribution in [0.1, 0.15) is 52.4 Å². The van der Waals surface area contributed by atoms with Gasteiger partial charge < -0.3 is 24.4 Å². The van der Waals surface area contributed by atoms with E-state index in [1.807, 2.05) is 6.92 Å². The number of unbranched alkanes of at least 4 members (excludes halogenated alkanes) is 2. The molecule has 3 aliphatic heterocycles. The first-order valence-electron chi connectivity index (χ1n) is 13.3. The van der Waals surface area contributed by atoms with Gasteiger partial charge in [0.2, 0.25) is 5.91 Å². The smallest absolute Gasteiger partial charge is 0.312 e. The lowest BCUT2D eigenvalue weighted by Gasteiger charge is -2.37. The van der Waals surface area contributed by atoms with E-state index < -0.39 is 35.0 Å². The Kier molecular flexibility index (Phi) is 8.31. The summed E-state index contributed by atoms with van der Waals surface area (Å²) in [7, 11) is 0. The van der Waals surface area contributed by atoms with E-state index in [-0.39, 0.29) is 31.6 Å². The molecule has 3 saturated heterocycles. The van der Waals surface area contributed by atoms with Crippen LogP contribution in [0.5, 0.6) is 0 Å². The van der Waals surface area contributed by atoms with E-state index in [0.717, 1.165) is 0 Å². The van der Waals surface area contributed by atoms with Gasteiger partial charge >= 0.3 is 5.97 Å². The van der Waals surface area contributed by atoms with E-state index >= 15 is 0 Å². The fraction of sp³-hybridized carbons (Fsp3) is 0.607. The number of carbonyl (C=O) groups is 3. The summed E-state index contributed by atoms with van der Waals surface area (Å²) < 4.78 is 12.2. The standard InChI is InChI=1S/C28H37ClN2O6/c1-4-16-30(20-13-9-8-12-19(20)29)25(34)23-28-15-14-27(5-2,37-28)22(26(35)36-6-3)21(28)24(33)31(23)17-10-7-11-18-32/h4,8-9,12-13,21-23,32H,1,5-7,10-11,14-18H2,2-3H3/t21-,22+,23?,27-,28?/m0/s1. The van der Waals surface area contributed by atoms with Crippen LogP contribution in [0.2, 0.25) is 5.02 Å². The van der Waals surface area contributed by atoms with Crippen molar-refractivity contribution < 1.29 is 29.0 Å². The molecule has 4 rings (SSSR count). The Balaban J connectivity index is 1.79. The molecule has 202 valence electrons. The molecular formula is C28H37ClN2O6. The monoisotopic (exact) mass is 532 g/mol. The number of aliphatic hydroxyl groups excluding tert-OH is 1. The van der Waals surface area contributed by atoms with Gasteiger partial charge in [0.25, 0.3) is 5.91 Å². The Morgan fingerprint density at radius 1 is 1.27 bits per heavy atom. The number of ether oxygens (including phenoxy) is 2. The summed E-state index contributed by atoms with van der Waals surface area (Å²) in [6, 6.07) is 6.17. The van der Waals surface area contributed by atoms with Gasteiger partial charge in [-0.2, -0.15) is 0 Å². The summed E-state index contributed by atoms with van der Waals surface area (Å²) in [5.74, 6) is -2.53. The van der Waals surface area contributed by atoms with Crippen molar-refractivity contribution in [2.45, 2.75) is 69.6 Å². The molecular weight excluding hydrogens is 496 g/mol. The second-order valence-electron chi connectivity index (χ2n) is 10.1. The number of benzene rings is 1. The molecule has 2 bridgehead atoms. The first kappa shape index (κ1) is 27.6. The Bertz CT molecular complexity index is 1050. The van der Waals surface area contributed by atoms with Crippen LogP contribution in [-0.2, 0) is 23.9 Å². The molecule has 5 atom stereocenters. The average Bonchev–Trinajstić information content (AvgIpc) is 3.49. The number of fused-ring (bicyclic) bond motifs is 1.